The second-order valence-electron chi connectivity index (χ2n) is 13.3. The van der Waals surface area contributed by atoms with Crippen molar-refractivity contribution in [1.29, 1.82) is 0 Å². The van der Waals surface area contributed by atoms with E-state index in [9.17, 15) is 0 Å². The van der Waals surface area contributed by atoms with Crippen molar-refractivity contribution in [2.24, 2.45) is 0 Å². The summed E-state index contributed by atoms with van der Waals surface area (Å²) in [5, 5.41) is 0. The number of aromatic nitrogens is 3. The molecule has 0 spiro atoms. The third-order valence-corrected chi connectivity index (χ3v) is 9.69. The average molecular weight is 690 g/mol. The summed E-state index contributed by atoms with van der Waals surface area (Å²) in [6.07, 6.45) is 0. The first-order chi connectivity index (χ1) is 26.7. The Morgan fingerprint density at radius 1 is 0.167 bits per heavy atom. The molecular formula is C51H35N3. The number of hydrogen-bond donors (Lipinski definition) is 0. The normalized spacial score (nSPS) is 11.0. The standard InChI is InChI=1S/C51H35N3/c1-5-16-36(17-6-1)40-24-13-27-43(30-40)46-33-47(44-28-14-25-41(31-44)37-18-7-2-8-19-37)35-48(34-46)51-53-49(39-22-11-4-12-23-39)52-50(54-51)45-29-15-26-42(32-45)38-20-9-3-10-21-38/h1-35H. The smallest absolute Gasteiger partial charge is 0.164 e. The maximum absolute atomic E-state index is 5.21. The van der Waals surface area contributed by atoms with Gasteiger partial charge < -0.3 is 0 Å². The molecule has 3 heteroatoms. The van der Waals surface area contributed by atoms with Crippen LogP contribution in [0.4, 0.5) is 0 Å². The summed E-state index contributed by atoms with van der Waals surface area (Å²) in [5.74, 6) is 1.87. The van der Waals surface area contributed by atoms with E-state index >= 15 is 0 Å². The largest absolute Gasteiger partial charge is 0.208 e. The molecule has 0 N–H and O–H groups in total. The van der Waals surface area contributed by atoms with Crippen LogP contribution in [-0.2, 0) is 0 Å². The fourth-order valence-corrected chi connectivity index (χ4v) is 6.93. The maximum atomic E-state index is 5.21. The van der Waals surface area contributed by atoms with E-state index < -0.39 is 0 Å². The summed E-state index contributed by atoms with van der Waals surface area (Å²) < 4.78 is 0. The molecule has 0 radical (unpaired) electrons. The summed E-state index contributed by atoms with van der Waals surface area (Å²) in [6, 6.07) is 74.2. The minimum atomic E-state index is 0.616. The Labute approximate surface area is 316 Å². The van der Waals surface area contributed by atoms with Crippen LogP contribution >= 0.6 is 0 Å². The van der Waals surface area contributed by atoms with Crippen LogP contribution in [0.15, 0.2) is 212 Å². The molecule has 3 nitrogen and oxygen atoms in total. The number of rotatable bonds is 8. The van der Waals surface area contributed by atoms with Crippen molar-refractivity contribution in [1.82, 2.24) is 15.0 Å². The Morgan fingerprint density at radius 3 is 0.815 bits per heavy atom. The highest BCUT2D eigenvalue weighted by Crippen LogP contribution is 2.36. The Hall–Kier alpha value is -7.23. The highest BCUT2D eigenvalue weighted by Gasteiger charge is 2.16. The zero-order valence-electron chi connectivity index (χ0n) is 29.5. The monoisotopic (exact) mass is 689 g/mol. The highest BCUT2D eigenvalue weighted by atomic mass is 15.0. The van der Waals surface area contributed by atoms with Crippen molar-refractivity contribution < 1.29 is 0 Å². The summed E-state index contributed by atoms with van der Waals surface area (Å²) in [6.45, 7) is 0. The molecule has 0 unspecified atom stereocenters. The number of nitrogens with zero attached hydrogens (tertiary/aromatic N) is 3. The SMILES string of the molecule is c1ccc(-c2cccc(-c3cc(-c4cccc(-c5ccccc5)c4)cc(-c4nc(-c5ccccc5)nc(-c5cccc(-c6ccccc6)c5)n4)c3)c2)cc1. The van der Waals surface area contributed by atoms with Crippen molar-refractivity contribution >= 4 is 0 Å². The van der Waals surface area contributed by atoms with Crippen LogP contribution in [0, 0.1) is 0 Å². The minimum absolute atomic E-state index is 0.616. The Morgan fingerprint density at radius 2 is 0.407 bits per heavy atom. The van der Waals surface area contributed by atoms with Gasteiger partial charge in [0.05, 0.1) is 0 Å². The minimum Gasteiger partial charge on any atom is -0.208 e. The van der Waals surface area contributed by atoms with Crippen molar-refractivity contribution in [3.63, 3.8) is 0 Å². The summed E-state index contributed by atoms with van der Waals surface area (Å²) >= 11 is 0. The molecule has 9 aromatic rings. The zero-order chi connectivity index (χ0) is 36.1. The maximum Gasteiger partial charge on any atom is 0.164 e. The quantitative estimate of drug-likeness (QED) is 0.159. The van der Waals surface area contributed by atoms with Crippen LogP contribution in [0.2, 0.25) is 0 Å². The first-order valence-corrected chi connectivity index (χ1v) is 18.2. The average Bonchev–Trinajstić information content (AvgIpc) is 3.27. The van der Waals surface area contributed by atoms with Gasteiger partial charge in [0, 0.05) is 16.7 Å². The lowest BCUT2D eigenvalue weighted by Crippen LogP contribution is -2.00. The molecule has 1 aromatic heterocycles. The molecule has 254 valence electrons. The lowest BCUT2D eigenvalue weighted by Gasteiger charge is -2.14. The van der Waals surface area contributed by atoms with Gasteiger partial charge in [-0.05, 0) is 92.0 Å². The zero-order valence-corrected chi connectivity index (χ0v) is 29.5. The van der Waals surface area contributed by atoms with Crippen LogP contribution in [-0.4, -0.2) is 15.0 Å². The van der Waals surface area contributed by atoms with Gasteiger partial charge in [-0.2, -0.15) is 0 Å². The second-order valence-corrected chi connectivity index (χ2v) is 13.3. The van der Waals surface area contributed by atoms with Crippen molar-refractivity contribution in [3.8, 4) is 89.8 Å². The molecule has 0 fully saturated rings. The van der Waals surface area contributed by atoms with Crippen LogP contribution in [0.25, 0.3) is 89.8 Å². The van der Waals surface area contributed by atoms with Crippen molar-refractivity contribution in [2.75, 3.05) is 0 Å². The van der Waals surface area contributed by atoms with Crippen LogP contribution in [0.5, 0.6) is 0 Å². The molecule has 0 atom stereocenters. The van der Waals surface area contributed by atoms with Crippen molar-refractivity contribution in [3.05, 3.63) is 212 Å². The van der Waals surface area contributed by atoms with E-state index in [0.29, 0.717) is 17.5 Å². The molecule has 8 aromatic carbocycles. The Balaban J connectivity index is 1.24. The third kappa shape index (κ3) is 6.99. The lowest BCUT2D eigenvalue weighted by atomic mass is 9.92. The molecule has 0 saturated carbocycles. The van der Waals surface area contributed by atoms with Gasteiger partial charge >= 0.3 is 0 Å². The number of benzene rings is 8. The van der Waals surface area contributed by atoms with E-state index in [1.54, 1.807) is 0 Å². The summed E-state index contributed by atoms with van der Waals surface area (Å²) in [5.41, 5.74) is 14.1. The topological polar surface area (TPSA) is 38.7 Å². The fraction of sp³-hybridized carbons (Fsp3) is 0. The molecule has 9 rings (SSSR count). The summed E-state index contributed by atoms with van der Waals surface area (Å²) in [7, 11) is 0. The fourth-order valence-electron chi connectivity index (χ4n) is 6.93. The van der Waals surface area contributed by atoms with Crippen LogP contribution in [0.3, 0.4) is 0 Å². The number of hydrogen-bond acceptors (Lipinski definition) is 3. The van der Waals surface area contributed by atoms with Gasteiger partial charge in [-0.1, -0.05) is 176 Å². The first kappa shape index (κ1) is 32.7. The molecule has 0 amide bonds. The van der Waals surface area contributed by atoms with Crippen LogP contribution < -0.4 is 0 Å². The molecule has 0 saturated heterocycles. The van der Waals surface area contributed by atoms with E-state index in [1.165, 1.54) is 22.3 Å². The predicted octanol–water partition coefficient (Wildman–Crippen LogP) is 13.2. The second kappa shape index (κ2) is 14.8. The molecular weight excluding hydrogens is 655 g/mol. The molecule has 1 heterocycles. The Kier molecular flexibility index (Phi) is 8.94. The highest BCUT2D eigenvalue weighted by molar-refractivity contribution is 5.84. The van der Waals surface area contributed by atoms with Gasteiger partial charge in [-0.3, -0.25) is 0 Å². The first-order valence-electron chi connectivity index (χ1n) is 18.2. The van der Waals surface area contributed by atoms with Gasteiger partial charge in [0.25, 0.3) is 0 Å². The van der Waals surface area contributed by atoms with Crippen LogP contribution in [0.1, 0.15) is 0 Å². The summed E-state index contributed by atoms with van der Waals surface area (Å²) in [4.78, 5) is 15.4. The molecule has 0 aliphatic heterocycles. The molecule has 54 heavy (non-hydrogen) atoms. The lowest BCUT2D eigenvalue weighted by molar-refractivity contribution is 1.07. The van der Waals surface area contributed by atoms with Gasteiger partial charge in [-0.15, -0.1) is 0 Å². The van der Waals surface area contributed by atoms with Gasteiger partial charge in [0.2, 0.25) is 0 Å². The predicted molar refractivity (Wildman–Crippen MR) is 223 cm³/mol. The van der Waals surface area contributed by atoms with E-state index in [4.69, 9.17) is 15.0 Å². The molecule has 0 bridgehead atoms. The van der Waals surface area contributed by atoms with Gasteiger partial charge in [-0.25, -0.2) is 15.0 Å². The van der Waals surface area contributed by atoms with E-state index in [1.807, 2.05) is 24.3 Å². The van der Waals surface area contributed by atoms with E-state index in [2.05, 4.69) is 188 Å². The Bertz CT molecular complexity index is 2590. The third-order valence-electron chi connectivity index (χ3n) is 9.69. The van der Waals surface area contributed by atoms with Crippen molar-refractivity contribution in [2.45, 2.75) is 0 Å². The van der Waals surface area contributed by atoms with E-state index in [-0.39, 0.29) is 0 Å². The van der Waals surface area contributed by atoms with Gasteiger partial charge in [0.1, 0.15) is 0 Å². The molecule has 0 aliphatic rings. The van der Waals surface area contributed by atoms with Gasteiger partial charge in [0.15, 0.2) is 17.5 Å². The molecule has 0 aliphatic carbocycles. The van der Waals surface area contributed by atoms with E-state index in [0.717, 1.165) is 50.1 Å².